The number of hydrogen-bond acceptors (Lipinski definition) is 0. The molecule has 0 fully saturated rings. The van der Waals surface area contributed by atoms with Gasteiger partial charge in [0.25, 0.3) is 0 Å². The molecule has 0 aromatic carbocycles. The van der Waals surface area contributed by atoms with Crippen LogP contribution in [0.2, 0.25) is 0 Å². The average Bonchev–Trinajstić information content (AvgIpc) is 2.20. The number of hydrogen-bond donors (Lipinski definition) is 0. The molecule has 0 radical (unpaired) electrons. The summed E-state index contributed by atoms with van der Waals surface area (Å²) < 4.78 is 0. The minimum Gasteiger partial charge on any atom is -0.346 e. The zero-order valence-electron chi connectivity index (χ0n) is 10.2. The standard InChI is InChI=1S/C11H21.C2H5.Zn/c1-3-5-7-9-11-10-8-6-4-2;1-2;/h3,7H,1,4-6,8-11H2,2H3;1H2,2H3;/q2*-1;+2. The maximum absolute atomic E-state index is 3.68. The Hall–Kier alpha value is 0.363. The third kappa shape index (κ3) is 22.8. The van der Waals surface area contributed by atoms with Gasteiger partial charge in [-0.3, -0.25) is 0 Å². The smallest absolute Gasteiger partial charge is 0.346 e. The van der Waals surface area contributed by atoms with Gasteiger partial charge in [0.15, 0.2) is 0 Å². The van der Waals surface area contributed by atoms with E-state index in [1.807, 2.05) is 6.08 Å². The second-order valence-electron chi connectivity index (χ2n) is 3.02. The minimum atomic E-state index is 0. The Morgan fingerprint density at radius 1 is 1.14 bits per heavy atom. The zero-order valence-corrected chi connectivity index (χ0v) is 13.2. The van der Waals surface area contributed by atoms with Gasteiger partial charge in [-0.05, 0) is 0 Å². The molecule has 14 heavy (non-hydrogen) atoms. The molecule has 0 bridgehead atoms. The fourth-order valence-electron chi connectivity index (χ4n) is 1.13. The largest absolute Gasteiger partial charge is 2.00 e. The molecule has 0 saturated heterocycles. The fourth-order valence-corrected chi connectivity index (χ4v) is 1.13. The summed E-state index contributed by atoms with van der Waals surface area (Å²) in [6, 6.07) is 0. The molecule has 0 aliphatic carbocycles. The van der Waals surface area contributed by atoms with Crippen LogP contribution in [0.15, 0.2) is 12.7 Å². The summed E-state index contributed by atoms with van der Waals surface area (Å²) >= 11 is 0. The van der Waals surface area contributed by atoms with E-state index in [2.05, 4.69) is 26.8 Å². The summed E-state index contributed by atoms with van der Waals surface area (Å²) in [6.07, 6.45) is 13.6. The molecule has 0 nitrogen and oxygen atoms in total. The van der Waals surface area contributed by atoms with Gasteiger partial charge in [-0.25, -0.2) is 0 Å². The number of allylic oxidation sites excluding steroid dienone is 1. The molecule has 0 aliphatic rings. The molecule has 0 N–H and O–H groups in total. The summed E-state index contributed by atoms with van der Waals surface area (Å²) in [5, 5.41) is 0. The monoisotopic (exact) mass is 246 g/mol. The quantitative estimate of drug-likeness (QED) is 0.246. The van der Waals surface area contributed by atoms with Crippen molar-refractivity contribution in [3.63, 3.8) is 0 Å². The average molecular weight is 248 g/mol. The summed E-state index contributed by atoms with van der Waals surface area (Å²) in [7, 11) is 0. The molecule has 80 valence electrons. The predicted molar refractivity (Wildman–Crippen MR) is 63.5 cm³/mol. The van der Waals surface area contributed by atoms with Gasteiger partial charge in [0, 0.05) is 0 Å². The van der Waals surface area contributed by atoms with Crippen LogP contribution in [0, 0.1) is 13.3 Å². The SMILES string of the molecule is C=CC[CH-]CCCCCCC.[CH2-]C.[Zn+2]. The first kappa shape index (κ1) is 19.9. The summed E-state index contributed by atoms with van der Waals surface area (Å²) in [6.45, 7) is 10.9. The van der Waals surface area contributed by atoms with E-state index in [0.29, 0.717) is 0 Å². The van der Waals surface area contributed by atoms with Gasteiger partial charge in [0.05, 0.1) is 0 Å². The second-order valence-corrected chi connectivity index (χ2v) is 3.02. The fraction of sp³-hybridized carbons (Fsp3) is 0.692. The van der Waals surface area contributed by atoms with E-state index in [-0.39, 0.29) is 19.5 Å². The van der Waals surface area contributed by atoms with Crippen LogP contribution in [-0.4, -0.2) is 0 Å². The summed E-state index contributed by atoms with van der Waals surface area (Å²) in [4.78, 5) is 0. The van der Waals surface area contributed by atoms with Crippen molar-refractivity contribution in [3.05, 3.63) is 26.0 Å². The van der Waals surface area contributed by atoms with Crippen molar-refractivity contribution >= 4 is 0 Å². The first-order valence-corrected chi connectivity index (χ1v) is 5.55. The Balaban J connectivity index is -0.000000376. The Kier molecular flexibility index (Phi) is 33.1. The van der Waals surface area contributed by atoms with E-state index in [4.69, 9.17) is 0 Å². The zero-order chi connectivity index (χ0) is 10.4. The molecule has 0 aromatic heterocycles. The third-order valence-corrected chi connectivity index (χ3v) is 1.85. The summed E-state index contributed by atoms with van der Waals surface area (Å²) in [5.41, 5.74) is 0. The van der Waals surface area contributed by atoms with E-state index in [1.54, 1.807) is 6.92 Å². The van der Waals surface area contributed by atoms with Crippen molar-refractivity contribution in [2.24, 2.45) is 0 Å². The normalized spacial score (nSPS) is 8.21. The molecule has 1 heteroatoms. The topological polar surface area (TPSA) is 0 Å². The molecule has 0 spiro atoms. The van der Waals surface area contributed by atoms with Gasteiger partial charge in [-0.2, -0.15) is 19.8 Å². The van der Waals surface area contributed by atoms with Gasteiger partial charge in [0.1, 0.15) is 0 Å². The van der Waals surface area contributed by atoms with Gasteiger partial charge < -0.3 is 13.3 Å². The van der Waals surface area contributed by atoms with Crippen molar-refractivity contribution in [2.45, 2.75) is 58.8 Å². The first-order chi connectivity index (χ1) is 6.41. The van der Waals surface area contributed by atoms with Crippen molar-refractivity contribution in [1.29, 1.82) is 0 Å². The van der Waals surface area contributed by atoms with Gasteiger partial charge in [-0.15, -0.1) is 12.7 Å². The maximum atomic E-state index is 3.68. The molecule has 0 aliphatic heterocycles. The second kappa shape index (κ2) is 23.3. The summed E-state index contributed by atoms with van der Waals surface area (Å²) in [5.74, 6) is 0. The first-order valence-electron chi connectivity index (χ1n) is 5.55. The van der Waals surface area contributed by atoms with Crippen LogP contribution in [0.1, 0.15) is 58.8 Å². The Morgan fingerprint density at radius 3 is 2.21 bits per heavy atom. The molecule has 0 heterocycles. The molecule has 0 amide bonds. The van der Waals surface area contributed by atoms with E-state index in [0.717, 1.165) is 6.42 Å². The predicted octanol–water partition coefficient (Wildman–Crippen LogP) is 4.97. The van der Waals surface area contributed by atoms with Crippen LogP contribution in [0.3, 0.4) is 0 Å². The third-order valence-electron chi connectivity index (χ3n) is 1.85. The van der Waals surface area contributed by atoms with E-state index in [1.165, 1.54) is 38.5 Å². The van der Waals surface area contributed by atoms with E-state index in [9.17, 15) is 0 Å². The van der Waals surface area contributed by atoms with Crippen molar-refractivity contribution in [3.8, 4) is 0 Å². The van der Waals surface area contributed by atoms with Crippen LogP contribution in [-0.2, 0) is 19.5 Å². The molecule has 0 saturated carbocycles. The van der Waals surface area contributed by atoms with Crippen molar-refractivity contribution in [1.82, 2.24) is 0 Å². The Morgan fingerprint density at radius 2 is 1.71 bits per heavy atom. The molecular weight excluding hydrogens is 222 g/mol. The van der Waals surface area contributed by atoms with Crippen LogP contribution >= 0.6 is 0 Å². The molecule has 0 unspecified atom stereocenters. The number of rotatable bonds is 8. The van der Waals surface area contributed by atoms with Crippen molar-refractivity contribution < 1.29 is 19.5 Å². The molecule has 0 atom stereocenters. The van der Waals surface area contributed by atoms with Crippen LogP contribution in [0.25, 0.3) is 0 Å². The van der Waals surface area contributed by atoms with Gasteiger partial charge in [0.2, 0.25) is 0 Å². The minimum absolute atomic E-state index is 0. The van der Waals surface area contributed by atoms with Crippen LogP contribution in [0.5, 0.6) is 0 Å². The molecular formula is C13H26Zn. The Labute approximate surface area is 104 Å². The van der Waals surface area contributed by atoms with E-state index < -0.39 is 0 Å². The van der Waals surface area contributed by atoms with Crippen LogP contribution < -0.4 is 0 Å². The molecule has 0 rings (SSSR count). The van der Waals surface area contributed by atoms with Crippen LogP contribution in [0.4, 0.5) is 0 Å². The van der Waals surface area contributed by atoms with Crippen molar-refractivity contribution in [2.75, 3.05) is 0 Å². The van der Waals surface area contributed by atoms with Gasteiger partial charge >= 0.3 is 19.5 Å². The van der Waals surface area contributed by atoms with E-state index >= 15 is 0 Å². The number of unbranched alkanes of at least 4 members (excludes halogenated alkanes) is 7. The maximum Gasteiger partial charge on any atom is 2.00 e. The van der Waals surface area contributed by atoms with Gasteiger partial charge in [-0.1, -0.05) is 39.0 Å². The Bertz CT molecular complexity index is 79.3. The molecule has 0 aromatic rings.